The Bertz CT molecular complexity index is 659. The molecule has 26 heavy (non-hydrogen) atoms. The molecule has 1 aromatic rings. The number of piperidine rings is 1. The summed E-state index contributed by atoms with van der Waals surface area (Å²) in [4.78, 5) is 28.8. The number of benzene rings is 1. The van der Waals surface area contributed by atoms with Crippen molar-refractivity contribution in [3.63, 3.8) is 0 Å². The molecule has 2 rings (SSSR count). The van der Waals surface area contributed by atoms with E-state index in [4.69, 9.17) is 22.1 Å². The van der Waals surface area contributed by atoms with Gasteiger partial charge in [0.05, 0.1) is 23.4 Å². The molecule has 0 bridgehead atoms. The summed E-state index contributed by atoms with van der Waals surface area (Å²) in [5.41, 5.74) is 6.53. The zero-order chi connectivity index (χ0) is 18.7. The van der Waals surface area contributed by atoms with Crippen LogP contribution in [0, 0.1) is 5.92 Å². The second kappa shape index (κ2) is 9.33. The lowest BCUT2D eigenvalue weighted by Gasteiger charge is -2.34. The number of likely N-dealkylation sites (tertiary alicyclic amines) is 1. The molecule has 1 aromatic carbocycles. The summed E-state index contributed by atoms with van der Waals surface area (Å²) in [5, 5.41) is 0.327. The van der Waals surface area contributed by atoms with E-state index in [1.54, 1.807) is 21.9 Å². The molecule has 1 aliphatic heterocycles. The molecule has 146 valence electrons. The van der Waals surface area contributed by atoms with Gasteiger partial charge in [-0.25, -0.2) is 0 Å². The van der Waals surface area contributed by atoms with E-state index in [1.165, 1.54) is 7.11 Å². The number of hydrogen-bond donors (Lipinski definition) is 1. The average Bonchev–Trinajstić information content (AvgIpc) is 2.61. The molecule has 0 aromatic heterocycles. The van der Waals surface area contributed by atoms with Crippen molar-refractivity contribution in [1.29, 1.82) is 0 Å². The second-order valence-electron chi connectivity index (χ2n) is 6.68. The van der Waals surface area contributed by atoms with Crippen molar-refractivity contribution >= 4 is 41.5 Å². The van der Waals surface area contributed by atoms with E-state index in [0.29, 0.717) is 48.0 Å². The predicted octanol–water partition coefficient (Wildman–Crippen LogP) is 3.07. The number of nitrogens with zero attached hydrogens (tertiary/aromatic N) is 2. The number of carbonyl (C=O) groups excluding carboxylic acids is 2. The van der Waals surface area contributed by atoms with E-state index in [2.05, 4.69) is 0 Å². The fourth-order valence-electron chi connectivity index (χ4n) is 2.95. The molecular weight excluding hydrogens is 377 g/mol. The molecular formula is C18H27Cl2N3O3. The Morgan fingerprint density at radius 1 is 1.31 bits per heavy atom. The highest BCUT2D eigenvalue weighted by Gasteiger charge is 2.31. The minimum atomic E-state index is -0.151. The molecule has 0 unspecified atom stereocenters. The Labute approximate surface area is 166 Å². The number of nitrogens with two attached hydrogens (primary N) is 1. The maximum atomic E-state index is 12.8. The summed E-state index contributed by atoms with van der Waals surface area (Å²) >= 11 is 6.05. The van der Waals surface area contributed by atoms with E-state index >= 15 is 0 Å². The minimum absolute atomic E-state index is 0. The second-order valence-corrected chi connectivity index (χ2v) is 7.09. The lowest BCUT2D eigenvalue weighted by molar-refractivity contribution is -0.137. The van der Waals surface area contributed by atoms with Gasteiger partial charge in [-0.2, -0.15) is 0 Å². The fraction of sp³-hybridized carbons (Fsp3) is 0.556. The van der Waals surface area contributed by atoms with Crippen molar-refractivity contribution in [1.82, 2.24) is 9.80 Å². The van der Waals surface area contributed by atoms with Crippen LogP contribution < -0.4 is 10.5 Å². The van der Waals surface area contributed by atoms with Crippen LogP contribution >= 0.6 is 24.0 Å². The Morgan fingerprint density at radius 3 is 2.38 bits per heavy atom. The molecule has 1 fully saturated rings. The molecule has 1 heterocycles. The average molecular weight is 404 g/mol. The van der Waals surface area contributed by atoms with Crippen molar-refractivity contribution in [3.8, 4) is 5.75 Å². The van der Waals surface area contributed by atoms with Crippen LogP contribution in [0.2, 0.25) is 5.02 Å². The third kappa shape index (κ3) is 4.74. The summed E-state index contributed by atoms with van der Waals surface area (Å²) in [6.07, 6.45) is 1.32. The number of halogens is 2. The van der Waals surface area contributed by atoms with Crippen molar-refractivity contribution < 1.29 is 14.3 Å². The predicted molar refractivity (Wildman–Crippen MR) is 106 cm³/mol. The van der Waals surface area contributed by atoms with Gasteiger partial charge in [-0.05, 0) is 32.8 Å². The molecule has 2 N–H and O–H groups in total. The number of amides is 2. The number of carbonyl (C=O) groups is 2. The van der Waals surface area contributed by atoms with Gasteiger partial charge in [0.25, 0.3) is 5.91 Å². The van der Waals surface area contributed by atoms with Crippen LogP contribution in [0.4, 0.5) is 5.69 Å². The molecule has 8 heteroatoms. The van der Waals surface area contributed by atoms with Gasteiger partial charge in [0.1, 0.15) is 5.75 Å². The number of methoxy groups -OCH3 is 1. The highest BCUT2D eigenvalue weighted by Crippen LogP contribution is 2.31. The first-order valence-electron chi connectivity index (χ1n) is 8.45. The maximum Gasteiger partial charge on any atom is 0.257 e. The van der Waals surface area contributed by atoms with Crippen LogP contribution in [-0.2, 0) is 4.79 Å². The monoisotopic (exact) mass is 403 g/mol. The number of rotatable bonds is 4. The number of nitrogen functional groups attached to an aromatic ring is 1. The summed E-state index contributed by atoms with van der Waals surface area (Å²) in [7, 11) is 3.32. The first-order chi connectivity index (χ1) is 11.8. The van der Waals surface area contributed by atoms with Gasteiger partial charge in [-0.1, -0.05) is 11.6 Å². The van der Waals surface area contributed by atoms with Gasteiger partial charge < -0.3 is 20.3 Å². The highest BCUT2D eigenvalue weighted by atomic mass is 35.5. The van der Waals surface area contributed by atoms with E-state index in [1.807, 2.05) is 20.9 Å². The zero-order valence-corrected chi connectivity index (χ0v) is 17.2. The van der Waals surface area contributed by atoms with Gasteiger partial charge >= 0.3 is 0 Å². The number of ether oxygens (including phenoxy) is 1. The molecule has 1 saturated heterocycles. The highest BCUT2D eigenvalue weighted by molar-refractivity contribution is 6.33. The summed E-state index contributed by atoms with van der Waals surface area (Å²) in [6.45, 7) is 5.06. The third-order valence-electron chi connectivity index (χ3n) is 4.80. The zero-order valence-electron chi connectivity index (χ0n) is 15.6. The van der Waals surface area contributed by atoms with Gasteiger partial charge in [0.2, 0.25) is 5.91 Å². The van der Waals surface area contributed by atoms with Gasteiger partial charge in [-0.15, -0.1) is 12.4 Å². The summed E-state index contributed by atoms with van der Waals surface area (Å²) in [5.74, 6) is 0.370. The Balaban J connectivity index is 0.00000338. The third-order valence-corrected chi connectivity index (χ3v) is 5.13. The first-order valence-corrected chi connectivity index (χ1v) is 8.83. The summed E-state index contributed by atoms with van der Waals surface area (Å²) < 4.78 is 5.26. The quantitative estimate of drug-likeness (QED) is 0.783. The van der Waals surface area contributed by atoms with Crippen molar-refractivity contribution in [2.45, 2.75) is 32.7 Å². The van der Waals surface area contributed by atoms with E-state index in [-0.39, 0.29) is 36.2 Å². The van der Waals surface area contributed by atoms with Crippen LogP contribution in [0.15, 0.2) is 12.1 Å². The molecule has 0 radical (unpaired) electrons. The van der Waals surface area contributed by atoms with E-state index in [0.717, 1.165) is 0 Å². The smallest absolute Gasteiger partial charge is 0.257 e. The molecule has 0 aliphatic carbocycles. The first kappa shape index (κ1) is 22.4. The van der Waals surface area contributed by atoms with Gasteiger partial charge in [0, 0.05) is 38.2 Å². The van der Waals surface area contributed by atoms with Gasteiger partial charge in [0.15, 0.2) is 0 Å². The van der Waals surface area contributed by atoms with Crippen molar-refractivity contribution in [3.05, 3.63) is 22.7 Å². The molecule has 6 nitrogen and oxygen atoms in total. The van der Waals surface area contributed by atoms with Gasteiger partial charge in [-0.3, -0.25) is 9.59 Å². The molecule has 0 saturated carbocycles. The standard InChI is InChI=1S/C18H26ClN3O3.ClH/c1-11(2)21(3)17(23)12-5-7-22(8-6-12)18(24)13-9-14(19)15(20)10-16(13)25-4;/h9-12H,5-8,20H2,1-4H3;1H. The van der Waals surface area contributed by atoms with Crippen molar-refractivity contribution in [2.75, 3.05) is 33.0 Å². The fourth-order valence-corrected chi connectivity index (χ4v) is 3.11. The van der Waals surface area contributed by atoms with Crippen LogP contribution in [0.25, 0.3) is 0 Å². The van der Waals surface area contributed by atoms with Crippen LogP contribution in [-0.4, -0.2) is 54.9 Å². The maximum absolute atomic E-state index is 12.8. The van der Waals surface area contributed by atoms with Crippen LogP contribution in [0.3, 0.4) is 0 Å². The SMILES string of the molecule is COc1cc(N)c(Cl)cc1C(=O)N1CCC(C(=O)N(C)C(C)C)CC1.Cl. The normalized spacial score (nSPS) is 14.8. The molecule has 1 aliphatic rings. The number of hydrogen-bond acceptors (Lipinski definition) is 4. The number of anilines is 1. The Morgan fingerprint density at radius 2 is 1.88 bits per heavy atom. The molecule has 2 amide bonds. The largest absolute Gasteiger partial charge is 0.496 e. The van der Waals surface area contributed by atoms with E-state index in [9.17, 15) is 9.59 Å². The lowest BCUT2D eigenvalue weighted by Crippen LogP contribution is -2.45. The Hall–Kier alpha value is -1.66. The molecule has 0 spiro atoms. The van der Waals surface area contributed by atoms with Crippen LogP contribution in [0.1, 0.15) is 37.0 Å². The minimum Gasteiger partial charge on any atom is -0.496 e. The Kier molecular flexibility index (Phi) is 8.03. The van der Waals surface area contributed by atoms with Crippen LogP contribution in [0.5, 0.6) is 5.75 Å². The van der Waals surface area contributed by atoms with Crippen molar-refractivity contribution in [2.24, 2.45) is 5.92 Å². The molecule has 0 atom stereocenters. The topological polar surface area (TPSA) is 75.9 Å². The summed E-state index contributed by atoms with van der Waals surface area (Å²) in [6, 6.07) is 3.28. The lowest BCUT2D eigenvalue weighted by atomic mass is 9.94. The van der Waals surface area contributed by atoms with E-state index < -0.39 is 0 Å².